The molecule has 0 aromatic rings. The van der Waals surface area contributed by atoms with Gasteiger partial charge in [-0.1, -0.05) is 13.3 Å². The van der Waals surface area contributed by atoms with Crippen LogP contribution in [0, 0.1) is 0 Å². The van der Waals surface area contributed by atoms with Gasteiger partial charge in [0.15, 0.2) is 0 Å². The topological polar surface area (TPSA) is 86.7 Å². The zero-order valence-corrected chi connectivity index (χ0v) is 13.3. The van der Waals surface area contributed by atoms with E-state index in [2.05, 4.69) is 5.32 Å². The molecule has 0 aliphatic carbocycles. The molecule has 0 aromatic carbocycles. The van der Waals surface area contributed by atoms with Crippen LogP contribution in [-0.4, -0.2) is 55.8 Å². The fourth-order valence-corrected chi connectivity index (χ4v) is 4.67. The predicted molar refractivity (Wildman–Crippen MR) is 80.6 cm³/mol. The standard InChI is InChI=1S/C14H24N2O4S/c1-2-6-14(12(17)18)7-3-8-16(14)13(19)15-11-4-9-21(20)10-5-11/h11H,2-10H2,1H3,(H,15,19)(H,17,18). The first-order chi connectivity index (χ1) is 9.99. The molecule has 2 rings (SSSR count). The lowest BCUT2D eigenvalue weighted by atomic mass is 9.91. The van der Waals surface area contributed by atoms with Crippen molar-refractivity contribution in [1.29, 1.82) is 0 Å². The van der Waals surface area contributed by atoms with Crippen molar-refractivity contribution in [2.75, 3.05) is 18.1 Å². The molecule has 2 aliphatic heterocycles. The third-order valence-electron chi connectivity index (χ3n) is 4.51. The Morgan fingerprint density at radius 1 is 1.38 bits per heavy atom. The van der Waals surface area contributed by atoms with Crippen molar-refractivity contribution in [1.82, 2.24) is 10.2 Å². The minimum atomic E-state index is -1.05. The van der Waals surface area contributed by atoms with Crippen LogP contribution in [0.4, 0.5) is 4.79 Å². The van der Waals surface area contributed by atoms with Crippen LogP contribution in [0.3, 0.4) is 0 Å². The number of hydrogen-bond acceptors (Lipinski definition) is 3. The predicted octanol–water partition coefficient (Wildman–Crippen LogP) is 1.33. The molecule has 0 aromatic heterocycles. The van der Waals surface area contributed by atoms with Crippen molar-refractivity contribution in [3.8, 4) is 0 Å². The van der Waals surface area contributed by atoms with Crippen molar-refractivity contribution in [2.24, 2.45) is 0 Å². The molecule has 2 aliphatic rings. The number of carboxylic acid groups (broad SMARTS) is 1. The lowest BCUT2D eigenvalue weighted by Gasteiger charge is -2.36. The Balaban J connectivity index is 2.03. The molecular weight excluding hydrogens is 292 g/mol. The fourth-order valence-electron chi connectivity index (χ4n) is 3.37. The Kier molecular flexibility index (Phi) is 5.24. The molecule has 120 valence electrons. The largest absolute Gasteiger partial charge is 0.479 e. The summed E-state index contributed by atoms with van der Waals surface area (Å²) in [6, 6.07) is -0.259. The Hall–Kier alpha value is -1.11. The van der Waals surface area contributed by atoms with Crippen LogP contribution in [0.15, 0.2) is 0 Å². The molecule has 2 fully saturated rings. The highest BCUT2D eigenvalue weighted by Crippen LogP contribution is 2.34. The molecule has 1 atom stereocenters. The van der Waals surface area contributed by atoms with E-state index < -0.39 is 22.3 Å². The highest BCUT2D eigenvalue weighted by Gasteiger charge is 2.49. The van der Waals surface area contributed by atoms with Gasteiger partial charge in [-0.25, -0.2) is 9.59 Å². The third-order valence-corrected chi connectivity index (χ3v) is 5.89. The number of nitrogens with one attached hydrogen (secondary N) is 1. The normalized spacial score (nSPS) is 32.9. The molecule has 0 bridgehead atoms. The van der Waals surface area contributed by atoms with Crippen LogP contribution in [0.2, 0.25) is 0 Å². The molecule has 2 saturated heterocycles. The summed E-state index contributed by atoms with van der Waals surface area (Å²) in [6.45, 7) is 2.44. The number of rotatable bonds is 4. The summed E-state index contributed by atoms with van der Waals surface area (Å²) >= 11 is 0. The lowest BCUT2D eigenvalue weighted by molar-refractivity contribution is -0.148. The second-order valence-corrected chi connectivity index (χ2v) is 7.61. The maximum atomic E-state index is 12.5. The molecule has 6 nitrogen and oxygen atoms in total. The van der Waals surface area contributed by atoms with E-state index in [1.807, 2.05) is 6.92 Å². The summed E-state index contributed by atoms with van der Waals surface area (Å²) in [7, 11) is -0.762. The van der Waals surface area contributed by atoms with E-state index >= 15 is 0 Å². The number of aliphatic carboxylic acids is 1. The molecule has 2 amide bonds. The van der Waals surface area contributed by atoms with Gasteiger partial charge in [-0.2, -0.15) is 0 Å². The van der Waals surface area contributed by atoms with Gasteiger partial charge in [-0.15, -0.1) is 0 Å². The highest BCUT2D eigenvalue weighted by molar-refractivity contribution is 7.85. The highest BCUT2D eigenvalue weighted by atomic mass is 32.2. The zero-order chi connectivity index (χ0) is 15.5. The van der Waals surface area contributed by atoms with Crippen LogP contribution in [0.25, 0.3) is 0 Å². The van der Waals surface area contributed by atoms with Gasteiger partial charge in [-0.05, 0) is 32.1 Å². The summed E-state index contributed by atoms with van der Waals surface area (Å²) in [5.41, 5.74) is -1.05. The van der Waals surface area contributed by atoms with Gasteiger partial charge >= 0.3 is 12.0 Å². The quantitative estimate of drug-likeness (QED) is 0.819. The smallest absolute Gasteiger partial charge is 0.329 e. The Bertz CT molecular complexity index is 433. The molecule has 2 N–H and O–H groups in total. The average Bonchev–Trinajstić information content (AvgIpc) is 2.87. The van der Waals surface area contributed by atoms with Crippen molar-refractivity contribution in [3.63, 3.8) is 0 Å². The average molecular weight is 316 g/mol. The fraction of sp³-hybridized carbons (Fsp3) is 0.857. The maximum Gasteiger partial charge on any atom is 0.329 e. The van der Waals surface area contributed by atoms with E-state index in [4.69, 9.17) is 0 Å². The molecule has 0 radical (unpaired) electrons. The molecule has 21 heavy (non-hydrogen) atoms. The molecule has 0 saturated carbocycles. The van der Waals surface area contributed by atoms with Crippen molar-refractivity contribution < 1.29 is 18.9 Å². The molecule has 1 unspecified atom stereocenters. The van der Waals surface area contributed by atoms with Gasteiger partial charge in [0.1, 0.15) is 5.54 Å². The first-order valence-electron chi connectivity index (χ1n) is 7.66. The molecule has 7 heteroatoms. The molecule has 2 heterocycles. The number of amides is 2. The molecular formula is C14H24N2O4S. The van der Waals surface area contributed by atoms with Gasteiger partial charge in [0.05, 0.1) is 0 Å². The number of hydrogen-bond donors (Lipinski definition) is 2. The van der Waals surface area contributed by atoms with Crippen molar-refractivity contribution in [2.45, 2.75) is 57.0 Å². The van der Waals surface area contributed by atoms with Gasteiger partial charge < -0.3 is 15.3 Å². The summed E-state index contributed by atoms with van der Waals surface area (Å²) < 4.78 is 11.3. The first kappa shape index (κ1) is 16.3. The van der Waals surface area contributed by atoms with E-state index in [9.17, 15) is 18.9 Å². The van der Waals surface area contributed by atoms with Crippen molar-refractivity contribution >= 4 is 22.8 Å². The van der Waals surface area contributed by atoms with Crippen LogP contribution >= 0.6 is 0 Å². The molecule has 0 spiro atoms. The second kappa shape index (κ2) is 6.77. The maximum absolute atomic E-state index is 12.5. The zero-order valence-electron chi connectivity index (χ0n) is 12.5. The number of nitrogens with zero attached hydrogens (tertiary/aromatic N) is 1. The first-order valence-corrected chi connectivity index (χ1v) is 9.15. The monoisotopic (exact) mass is 316 g/mol. The van der Waals surface area contributed by atoms with Crippen molar-refractivity contribution in [3.05, 3.63) is 0 Å². The second-order valence-electron chi connectivity index (χ2n) is 5.91. The van der Waals surface area contributed by atoms with Gasteiger partial charge in [0.2, 0.25) is 0 Å². The van der Waals surface area contributed by atoms with E-state index in [1.54, 1.807) is 0 Å². The SMILES string of the molecule is CCCC1(C(=O)O)CCCN1C(=O)NC1CCS(=O)CC1. The minimum absolute atomic E-state index is 0.0175. The van der Waals surface area contributed by atoms with Gasteiger partial charge in [0, 0.05) is 34.9 Å². The van der Waals surface area contributed by atoms with Crippen LogP contribution < -0.4 is 5.32 Å². The van der Waals surface area contributed by atoms with Crippen LogP contribution in [0.1, 0.15) is 45.4 Å². The van der Waals surface area contributed by atoms with Crippen LogP contribution in [0.5, 0.6) is 0 Å². The van der Waals surface area contributed by atoms with Gasteiger partial charge in [0.25, 0.3) is 0 Å². The Labute approximate surface area is 127 Å². The summed E-state index contributed by atoms with van der Waals surface area (Å²) in [5.74, 6) is 0.329. The van der Waals surface area contributed by atoms with E-state index in [0.717, 1.165) is 12.8 Å². The van der Waals surface area contributed by atoms with E-state index in [1.165, 1.54) is 4.90 Å². The van der Waals surface area contributed by atoms with E-state index in [-0.39, 0.29) is 12.1 Å². The summed E-state index contributed by atoms with van der Waals surface area (Å²) in [6.07, 6.45) is 3.90. The number of carbonyl (C=O) groups is 2. The van der Waals surface area contributed by atoms with Crippen LogP contribution in [-0.2, 0) is 15.6 Å². The van der Waals surface area contributed by atoms with E-state index in [0.29, 0.717) is 43.7 Å². The summed E-state index contributed by atoms with van der Waals surface area (Å²) in [5, 5.41) is 12.5. The third kappa shape index (κ3) is 3.39. The number of carbonyl (C=O) groups excluding carboxylic acids is 1. The lowest BCUT2D eigenvalue weighted by Crippen LogP contribution is -2.57. The Morgan fingerprint density at radius 3 is 2.62 bits per heavy atom. The number of urea groups is 1. The number of likely N-dealkylation sites (tertiary alicyclic amines) is 1. The Morgan fingerprint density at radius 2 is 2.05 bits per heavy atom. The number of carboxylic acids is 1. The minimum Gasteiger partial charge on any atom is -0.479 e. The van der Waals surface area contributed by atoms with Gasteiger partial charge in [-0.3, -0.25) is 4.21 Å². The summed E-state index contributed by atoms with van der Waals surface area (Å²) in [4.78, 5) is 25.7.